The molecule has 15 nitrogen and oxygen atoms in total. The van der Waals surface area contributed by atoms with Crippen molar-refractivity contribution in [3.8, 4) is 22.8 Å². The van der Waals surface area contributed by atoms with Crippen LogP contribution in [-0.2, 0) is 33.3 Å². The minimum absolute atomic E-state index is 0. The number of hydrogen-bond acceptors (Lipinski definition) is 15. The number of rotatable bonds is 15. The fourth-order valence-corrected chi connectivity index (χ4v) is 12.8. The van der Waals surface area contributed by atoms with Gasteiger partial charge in [0.1, 0.15) is 11.9 Å². The molecule has 2 spiro atoms. The van der Waals surface area contributed by atoms with E-state index in [1.807, 2.05) is 71.9 Å². The summed E-state index contributed by atoms with van der Waals surface area (Å²) in [6.45, 7) is 19.5. The van der Waals surface area contributed by atoms with Gasteiger partial charge < -0.3 is 62.8 Å². The number of ketones is 1. The van der Waals surface area contributed by atoms with Crippen LogP contribution < -0.4 is 49.6 Å². The van der Waals surface area contributed by atoms with Gasteiger partial charge in [-0.05, 0) is 108 Å². The van der Waals surface area contributed by atoms with Crippen LogP contribution in [0.15, 0.2) is 69.9 Å². The first-order valence-electron chi connectivity index (χ1n) is 27.2. The maximum absolute atomic E-state index is 14.4. The Balaban J connectivity index is 0.000000345. The summed E-state index contributed by atoms with van der Waals surface area (Å²) in [5.41, 5.74) is -0.649. The summed E-state index contributed by atoms with van der Waals surface area (Å²) < 4.78 is 49.9. The van der Waals surface area contributed by atoms with Crippen molar-refractivity contribution in [2.24, 2.45) is 41.4 Å². The molecule has 0 radical (unpaired) electrons. The minimum atomic E-state index is -1.37. The number of benzene rings is 2. The number of para-hydroxylation sites is 1. The first kappa shape index (κ1) is 61.0. The van der Waals surface area contributed by atoms with Gasteiger partial charge in [-0.3, -0.25) is 9.59 Å². The number of carbonyl (C=O) groups excluding carboxylic acids is 2. The van der Waals surface area contributed by atoms with Crippen LogP contribution in [0, 0.1) is 41.4 Å². The molecule has 0 saturated carbocycles. The number of aliphatic hydroxyl groups excluding tert-OH is 2. The number of aliphatic hydroxyl groups is 3. The van der Waals surface area contributed by atoms with Crippen LogP contribution in [0.4, 0.5) is 0 Å². The van der Waals surface area contributed by atoms with Gasteiger partial charge in [-0.2, -0.15) is 0 Å². The predicted molar refractivity (Wildman–Crippen MR) is 277 cm³/mol. The zero-order valence-electron chi connectivity index (χ0n) is 46.7. The predicted octanol–water partition coefficient (Wildman–Crippen LogP) is 5.33. The smallest absolute Gasteiger partial charge is 0.550 e. The van der Waals surface area contributed by atoms with E-state index in [9.17, 15) is 34.8 Å². The van der Waals surface area contributed by atoms with Crippen molar-refractivity contribution in [2.45, 2.75) is 199 Å². The molecule has 410 valence electrons. The molecule has 3 N–H and O–H groups in total. The number of aliphatic carboxylic acids is 1. The SMILES string of the molecule is CCC(C(=O)[O-])C1CCC(C)C(C(C)C(O)C(C)C(=O)C(CC)C2OC3(C=CC(O)C4(CCC(C)(C5CCC(O)(CC)C(C)O5)O4)O3)C(C)CC2C)O1.COc1c(-c2ccccc2)oc2c(OC)cccc2c1=O.[Na+]. The number of carboxylic acids is 1. The van der Waals surface area contributed by atoms with Gasteiger partial charge in [0.05, 0.1) is 67.4 Å². The molecular formula is C59H83NaO15. The quantitative estimate of drug-likeness (QED) is 0.130. The summed E-state index contributed by atoms with van der Waals surface area (Å²) in [6, 6.07) is 14.6. The Labute approximate surface area is 465 Å². The zero-order valence-corrected chi connectivity index (χ0v) is 48.7. The third kappa shape index (κ3) is 12.0. The molecule has 8 rings (SSSR count). The summed E-state index contributed by atoms with van der Waals surface area (Å²) in [6.07, 6.45) is 5.22. The fraction of sp³-hybridized carbons (Fsp3) is 0.678. The van der Waals surface area contributed by atoms with E-state index in [0.717, 1.165) is 12.0 Å². The van der Waals surface area contributed by atoms with Gasteiger partial charge in [-0.15, -0.1) is 0 Å². The van der Waals surface area contributed by atoms with Crippen LogP contribution in [0.5, 0.6) is 11.5 Å². The maximum atomic E-state index is 14.4. The molecule has 16 heteroatoms. The average Bonchev–Trinajstić information content (AvgIpc) is 3.74. The van der Waals surface area contributed by atoms with Crippen LogP contribution in [0.25, 0.3) is 22.3 Å². The monoisotopic (exact) mass is 1050 g/mol. The van der Waals surface area contributed by atoms with E-state index in [1.54, 1.807) is 44.4 Å². The molecule has 0 aliphatic carbocycles. The number of Topliss-reactive ketones (excluding diaryl/α,β-unsaturated/α-hetero) is 1. The van der Waals surface area contributed by atoms with Crippen molar-refractivity contribution >= 4 is 22.7 Å². The van der Waals surface area contributed by atoms with Crippen molar-refractivity contribution in [3.63, 3.8) is 0 Å². The molecule has 4 fully saturated rings. The molecule has 2 aromatic carbocycles. The van der Waals surface area contributed by atoms with Crippen LogP contribution in [-0.4, -0.2) is 107 Å². The van der Waals surface area contributed by atoms with Crippen molar-refractivity contribution in [3.05, 3.63) is 70.9 Å². The summed E-state index contributed by atoms with van der Waals surface area (Å²) >= 11 is 0. The molecule has 0 bridgehead atoms. The van der Waals surface area contributed by atoms with Crippen molar-refractivity contribution < 1.29 is 97.1 Å². The van der Waals surface area contributed by atoms with E-state index >= 15 is 0 Å². The minimum Gasteiger partial charge on any atom is -0.550 e. The molecule has 5 aliphatic rings. The van der Waals surface area contributed by atoms with Gasteiger partial charge >= 0.3 is 29.6 Å². The third-order valence-electron chi connectivity index (χ3n) is 17.7. The first-order valence-corrected chi connectivity index (χ1v) is 27.2. The standard InChI is InChI=1S/C42H70O11.C17H14O4.Na/c1-11-29(38(46)47)31-15-14-23(4)36(50-31)27(8)34(44)26(7)35(45)30(12-2)37-24(5)22-25(6)41(51-37)19-16-32(43)42(53-41)21-20-39(10,52-42)33-17-18-40(48,13-3)28(9)49-33;1-19-13-10-6-9-12-14(18)17(20-2)15(21-16(12)13)11-7-4-3-5-8-11;/h16,19,23-34,36-37,43-44,48H,11-15,17-18,20-22H2,1-10H3,(H,46,47);3-10H,1-2H3;/q;;+1/p-1. The van der Waals surface area contributed by atoms with E-state index in [4.69, 9.17) is 37.6 Å². The van der Waals surface area contributed by atoms with E-state index in [2.05, 4.69) is 20.8 Å². The molecule has 1 aromatic heterocycles. The van der Waals surface area contributed by atoms with Crippen LogP contribution in [0.3, 0.4) is 0 Å². The van der Waals surface area contributed by atoms with E-state index in [-0.39, 0.29) is 76.5 Å². The van der Waals surface area contributed by atoms with Gasteiger partial charge in [-0.25, -0.2) is 0 Å². The molecule has 18 unspecified atom stereocenters. The van der Waals surface area contributed by atoms with E-state index in [1.165, 1.54) is 7.11 Å². The average molecular weight is 1060 g/mol. The number of carbonyl (C=O) groups is 2. The normalized spacial score (nSPS) is 35.6. The van der Waals surface area contributed by atoms with Crippen molar-refractivity contribution in [1.29, 1.82) is 0 Å². The van der Waals surface area contributed by atoms with Crippen molar-refractivity contribution in [1.82, 2.24) is 0 Å². The fourth-order valence-electron chi connectivity index (χ4n) is 12.8. The molecule has 3 aromatic rings. The van der Waals surface area contributed by atoms with Crippen LogP contribution >= 0.6 is 0 Å². The Morgan fingerprint density at radius 1 is 0.853 bits per heavy atom. The summed E-state index contributed by atoms with van der Waals surface area (Å²) in [7, 11) is 3.01. The Morgan fingerprint density at radius 2 is 1.55 bits per heavy atom. The number of fused-ring (bicyclic) bond motifs is 1. The van der Waals surface area contributed by atoms with E-state index < -0.39 is 82.9 Å². The second kappa shape index (κ2) is 24.9. The number of methoxy groups -OCH3 is 2. The molecule has 18 atom stereocenters. The second-order valence-corrected chi connectivity index (χ2v) is 22.4. The molecule has 75 heavy (non-hydrogen) atoms. The van der Waals surface area contributed by atoms with Gasteiger partial charge in [0, 0.05) is 47.5 Å². The first-order chi connectivity index (χ1) is 35.1. The van der Waals surface area contributed by atoms with Gasteiger partial charge in [0.25, 0.3) is 0 Å². The van der Waals surface area contributed by atoms with Gasteiger partial charge in [-0.1, -0.05) is 91.8 Å². The summed E-state index contributed by atoms with van der Waals surface area (Å²) in [4.78, 5) is 38.8. The Kier molecular flexibility index (Phi) is 20.2. The molecular weight excluding hydrogens is 972 g/mol. The van der Waals surface area contributed by atoms with Crippen LogP contribution in [0.1, 0.15) is 133 Å². The Morgan fingerprint density at radius 3 is 2.16 bits per heavy atom. The number of hydrogen-bond donors (Lipinski definition) is 3. The Hall–Kier alpha value is -3.19. The van der Waals surface area contributed by atoms with Gasteiger partial charge in [0.2, 0.25) is 17.0 Å². The van der Waals surface area contributed by atoms with Gasteiger partial charge in [0.15, 0.2) is 22.9 Å². The number of carboxylic acid groups (broad SMARTS) is 1. The topological polar surface area (TPSA) is 213 Å². The molecule has 6 heterocycles. The summed E-state index contributed by atoms with van der Waals surface area (Å²) in [5.74, 6) is -5.12. The molecule has 5 aliphatic heterocycles. The van der Waals surface area contributed by atoms with E-state index in [0.29, 0.717) is 80.3 Å². The number of ether oxygens (including phenoxy) is 7. The molecule has 4 saturated heterocycles. The largest absolute Gasteiger partial charge is 1.00 e. The summed E-state index contributed by atoms with van der Waals surface area (Å²) in [5, 5.41) is 46.4. The Bertz CT molecular complexity index is 2500. The zero-order chi connectivity index (χ0) is 54.1. The third-order valence-corrected chi connectivity index (χ3v) is 17.7. The second-order valence-electron chi connectivity index (χ2n) is 22.4. The van der Waals surface area contributed by atoms with Crippen LogP contribution in [0.2, 0.25) is 0 Å². The van der Waals surface area contributed by atoms with Crippen molar-refractivity contribution in [2.75, 3.05) is 14.2 Å². The maximum Gasteiger partial charge on any atom is 1.00 e. The molecule has 0 amide bonds.